The highest BCUT2D eigenvalue weighted by Crippen LogP contribution is 2.00. The van der Waals surface area contributed by atoms with Crippen LogP contribution in [0.2, 0.25) is 0 Å². The van der Waals surface area contributed by atoms with Crippen molar-refractivity contribution >= 4 is 11.9 Å². The SMILES string of the molecule is O=C(O)c1ccc(C(=O)NCCCc2ncn[nH]2)nc1. The second-order valence-electron chi connectivity index (χ2n) is 4.03. The number of aromatic amines is 1. The zero-order chi connectivity index (χ0) is 14.4. The second-order valence-corrected chi connectivity index (χ2v) is 4.03. The van der Waals surface area contributed by atoms with E-state index in [0.29, 0.717) is 19.4 Å². The fourth-order valence-electron chi connectivity index (χ4n) is 1.55. The first-order valence-electron chi connectivity index (χ1n) is 5.98. The summed E-state index contributed by atoms with van der Waals surface area (Å²) in [6, 6.07) is 2.73. The van der Waals surface area contributed by atoms with Gasteiger partial charge in [0.05, 0.1) is 5.56 Å². The molecule has 0 atom stereocenters. The number of hydrogen-bond acceptors (Lipinski definition) is 5. The van der Waals surface area contributed by atoms with Crippen molar-refractivity contribution in [2.75, 3.05) is 6.54 Å². The number of nitrogens with one attached hydrogen (secondary N) is 2. The number of nitrogens with zero attached hydrogens (tertiary/aromatic N) is 3. The predicted molar refractivity (Wildman–Crippen MR) is 68.2 cm³/mol. The van der Waals surface area contributed by atoms with Crippen molar-refractivity contribution in [1.82, 2.24) is 25.5 Å². The third-order valence-electron chi connectivity index (χ3n) is 2.58. The Morgan fingerprint density at radius 1 is 1.30 bits per heavy atom. The Morgan fingerprint density at radius 2 is 2.15 bits per heavy atom. The third kappa shape index (κ3) is 3.61. The Kier molecular flexibility index (Phi) is 4.38. The van der Waals surface area contributed by atoms with Crippen LogP contribution in [-0.2, 0) is 6.42 Å². The molecule has 0 fully saturated rings. The smallest absolute Gasteiger partial charge is 0.337 e. The Hall–Kier alpha value is -2.77. The molecule has 0 saturated carbocycles. The first-order valence-corrected chi connectivity index (χ1v) is 5.98. The maximum Gasteiger partial charge on any atom is 0.337 e. The molecule has 0 spiro atoms. The summed E-state index contributed by atoms with van der Waals surface area (Å²) in [5.41, 5.74) is 0.238. The number of aromatic carboxylic acids is 1. The number of carboxylic acids is 1. The average molecular weight is 275 g/mol. The molecule has 0 radical (unpaired) electrons. The number of pyridine rings is 1. The van der Waals surface area contributed by atoms with Gasteiger partial charge in [0.1, 0.15) is 17.8 Å². The van der Waals surface area contributed by atoms with E-state index in [1.54, 1.807) is 0 Å². The average Bonchev–Trinajstić information content (AvgIpc) is 2.96. The number of carbonyl (C=O) groups excluding carboxylic acids is 1. The topological polar surface area (TPSA) is 121 Å². The van der Waals surface area contributed by atoms with Crippen molar-refractivity contribution in [3.8, 4) is 0 Å². The molecule has 0 aliphatic heterocycles. The Bertz CT molecular complexity index is 580. The molecule has 0 aliphatic rings. The Labute approximate surface area is 114 Å². The van der Waals surface area contributed by atoms with E-state index < -0.39 is 5.97 Å². The highest BCUT2D eigenvalue weighted by molar-refractivity contribution is 5.93. The van der Waals surface area contributed by atoms with E-state index in [0.717, 1.165) is 12.0 Å². The van der Waals surface area contributed by atoms with Crippen molar-refractivity contribution in [3.05, 3.63) is 41.7 Å². The summed E-state index contributed by atoms with van der Waals surface area (Å²) < 4.78 is 0. The fraction of sp³-hybridized carbons (Fsp3) is 0.250. The van der Waals surface area contributed by atoms with E-state index in [1.165, 1.54) is 18.5 Å². The van der Waals surface area contributed by atoms with Crippen molar-refractivity contribution in [3.63, 3.8) is 0 Å². The molecule has 1 amide bonds. The first-order chi connectivity index (χ1) is 9.66. The molecular formula is C12H13N5O3. The van der Waals surface area contributed by atoms with Gasteiger partial charge >= 0.3 is 5.97 Å². The van der Waals surface area contributed by atoms with Crippen LogP contribution in [0, 0.1) is 0 Å². The molecule has 2 aromatic heterocycles. The second kappa shape index (κ2) is 6.41. The molecule has 0 saturated heterocycles. The molecule has 3 N–H and O–H groups in total. The van der Waals surface area contributed by atoms with E-state index >= 15 is 0 Å². The summed E-state index contributed by atoms with van der Waals surface area (Å²) in [7, 11) is 0. The zero-order valence-corrected chi connectivity index (χ0v) is 10.5. The summed E-state index contributed by atoms with van der Waals surface area (Å²) in [5.74, 6) is -0.640. The van der Waals surface area contributed by atoms with Crippen molar-refractivity contribution in [1.29, 1.82) is 0 Å². The molecule has 104 valence electrons. The number of H-pyrrole nitrogens is 1. The molecule has 0 bridgehead atoms. The number of carboxylic acid groups (broad SMARTS) is 1. The normalized spacial score (nSPS) is 10.2. The molecule has 0 unspecified atom stereocenters. The standard InChI is InChI=1S/C12H13N5O3/c18-11(9-4-3-8(6-14-9)12(19)20)13-5-1-2-10-15-7-16-17-10/h3-4,6-7H,1-2,5H2,(H,13,18)(H,19,20)(H,15,16,17). The number of hydrogen-bond donors (Lipinski definition) is 3. The van der Waals surface area contributed by atoms with Gasteiger partial charge in [-0.05, 0) is 18.6 Å². The summed E-state index contributed by atoms with van der Waals surface area (Å²) in [6.07, 6.45) is 3.99. The predicted octanol–water partition coefficient (Wildman–Crippen LogP) is 0.260. The number of carbonyl (C=O) groups is 2. The zero-order valence-electron chi connectivity index (χ0n) is 10.5. The quantitative estimate of drug-likeness (QED) is 0.650. The van der Waals surface area contributed by atoms with Gasteiger partial charge < -0.3 is 10.4 Å². The molecule has 0 aromatic carbocycles. The van der Waals surface area contributed by atoms with Gasteiger partial charge in [-0.1, -0.05) is 0 Å². The molecular weight excluding hydrogens is 262 g/mol. The van der Waals surface area contributed by atoms with Crippen LogP contribution in [0.4, 0.5) is 0 Å². The fourth-order valence-corrected chi connectivity index (χ4v) is 1.55. The van der Waals surface area contributed by atoms with E-state index in [1.807, 2.05) is 0 Å². The summed E-state index contributed by atoms with van der Waals surface area (Å²) in [4.78, 5) is 30.2. The lowest BCUT2D eigenvalue weighted by molar-refractivity contribution is 0.0695. The summed E-state index contributed by atoms with van der Waals surface area (Å²) in [5, 5.41) is 17.9. The van der Waals surface area contributed by atoms with E-state index in [9.17, 15) is 9.59 Å². The van der Waals surface area contributed by atoms with Crippen LogP contribution < -0.4 is 5.32 Å². The molecule has 8 nitrogen and oxygen atoms in total. The van der Waals surface area contributed by atoms with Crippen LogP contribution in [0.1, 0.15) is 33.1 Å². The minimum atomic E-state index is -1.07. The molecule has 2 rings (SSSR count). The van der Waals surface area contributed by atoms with E-state index in [-0.39, 0.29) is 17.2 Å². The molecule has 8 heteroatoms. The van der Waals surface area contributed by atoms with Crippen LogP contribution in [0.5, 0.6) is 0 Å². The van der Waals surface area contributed by atoms with Crippen LogP contribution in [0.25, 0.3) is 0 Å². The molecule has 0 aliphatic carbocycles. The lowest BCUT2D eigenvalue weighted by Crippen LogP contribution is -2.25. The van der Waals surface area contributed by atoms with Crippen LogP contribution in [0.15, 0.2) is 24.7 Å². The van der Waals surface area contributed by atoms with Gasteiger partial charge in [0.2, 0.25) is 0 Å². The monoisotopic (exact) mass is 275 g/mol. The molecule has 2 aromatic rings. The number of amides is 1. The van der Waals surface area contributed by atoms with Crippen LogP contribution in [-0.4, -0.2) is 43.7 Å². The van der Waals surface area contributed by atoms with Gasteiger partial charge in [-0.3, -0.25) is 14.9 Å². The lowest BCUT2D eigenvalue weighted by Gasteiger charge is -2.04. The lowest BCUT2D eigenvalue weighted by atomic mass is 10.2. The van der Waals surface area contributed by atoms with E-state index in [4.69, 9.17) is 5.11 Å². The number of aryl methyl sites for hydroxylation is 1. The Morgan fingerprint density at radius 3 is 2.75 bits per heavy atom. The first kappa shape index (κ1) is 13.7. The number of aromatic nitrogens is 4. The maximum atomic E-state index is 11.7. The maximum absolute atomic E-state index is 11.7. The van der Waals surface area contributed by atoms with Crippen molar-refractivity contribution in [2.24, 2.45) is 0 Å². The van der Waals surface area contributed by atoms with Crippen molar-refractivity contribution < 1.29 is 14.7 Å². The summed E-state index contributed by atoms with van der Waals surface area (Å²) in [6.45, 7) is 0.474. The van der Waals surface area contributed by atoms with Gasteiger partial charge in [0, 0.05) is 19.2 Å². The van der Waals surface area contributed by atoms with Gasteiger partial charge in [-0.25, -0.2) is 9.78 Å². The minimum Gasteiger partial charge on any atom is -0.478 e. The molecule has 2 heterocycles. The highest BCUT2D eigenvalue weighted by atomic mass is 16.4. The third-order valence-corrected chi connectivity index (χ3v) is 2.58. The molecule has 20 heavy (non-hydrogen) atoms. The highest BCUT2D eigenvalue weighted by Gasteiger charge is 2.08. The van der Waals surface area contributed by atoms with Crippen LogP contribution in [0.3, 0.4) is 0 Å². The summed E-state index contributed by atoms with van der Waals surface area (Å²) >= 11 is 0. The largest absolute Gasteiger partial charge is 0.478 e. The van der Waals surface area contributed by atoms with Gasteiger partial charge in [0.25, 0.3) is 5.91 Å². The van der Waals surface area contributed by atoms with Crippen molar-refractivity contribution in [2.45, 2.75) is 12.8 Å². The Balaban J connectivity index is 1.78. The van der Waals surface area contributed by atoms with Crippen LogP contribution >= 0.6 is 0 Å². The van der Waals surface area contributed by atoms with E-state index in [2.05, 4.69) is 25.5 Å². The minimum absolute atomic E-state index is 0.0480. The van der Waals surface area contributed by atoms with Gasteiger partial charge in [-0.2, -0.15) is 5.10 Å². The van der Waals surface area contributed by atoms with Gasteiger partial charge in [-0.15, -0.1) is 0 Å². The number of rotatable bonds is 6. The van der Waals surface area contributed by atoms with Gasteiger partial charge in [0.15, 0.2) is 0 Å².